The van der Waals surface area contributed by atoms with Crippen LogP contribution in [0.25, 0.3) is 5.69 Å². The van der Waals surface area contributed by atoms with Crippen molar-refractivity contribution in [3.8, 4) is 17.2 Å². The molecule has 0 unspecified atom stereocenters. The van der Waals surface area contributed by atoms with Gasteiger partial charge in [-0.1, -0.05) is 123 Å². The second kappa shape index (κ2) is 13.7. The Hall–Kier alpha value is -5.94. The number of anilines is 3. The lowest BCUT2D eigenvalue weighted by Gasteiger charge is -2.47. The first-order valence-electron chi connectivity index (χ1n) is 19.6. The zero-order valence-electron chi connectivity index (χ0n) is 34.1. The summed E-state index contributed by atoms with van der Waals surface area (Å²) in [6.07, 6.45) is 5.65. The Morgan fingerprint density at radius 2 is 1.09 bits per heavy atom. The lowest BCUT2D eigenvalue weighted by atomic mass is 9.62. The van der Waals surface area contributed by atoms with Crippen molar-refractivity contribution in [1.29, 1.82) is 0 Å². The molecule has 0 spiro atoms. The molecule has 56 heavy (non-hydrogen) atoms. The third-order valence-electron chi connectivity index (χ3n) is 11.1. The van der Waals surface area contributed by atoms with Gasteiger partial charge in [-0.2, -0.15) is 5.10 Å². The Morgan fingerprint density at radius 1 is 0.500 bits per heavy atom. The fraction of sp³-hybridized carbons (Fsp3) is 0.255. The van der Waals surface area contributed by atoms with Crippen LogP contribution in [-0.4, -0.2) is 14.8 Å². The molecular weight excluding hydrogens is 685 g/mol. The van der Waals surface area contributed by atoms with Gasteiger partial charge >= 0.3 is 0 Å². The van der Waals surface area contributed by atoms with Crippen molar-refractivity contribution < 1.29 is 4.74 Å². The van der Waals surface area contributed by atoms with Crippen molar-refractivity contribution >= 4 is 17.1 Å². The molecule has 3 heterocycles. The predicted octanol–water partition coefficient (Wildman–Crippen LogP) is 13.1. The maximum absolute atomic E-state index is 6.72. The number of fused-ring (bicyclic) bond motifs is 2. The third-order valence-corrected chi connectivity index (χ3v) is 11.1. The van der Waals surface area contributed by atoms with E-state index in [4.69, 9.17) is 9.72 Å². The molecule has 8 rings (SSSR count). The van der Waals surface area contributed by atoms with Gasteiger partial charge in [0.1, 0.15) is 11.5 Å². The topological polar surface area (TPSA) is 43.2 Å². The summed E-state index contributed by atoms with van der Waals surface area (Å²) in [6.45, 7) is 20.6. The van der Waals surface area contributed by atoms with E-state index >= 15 is 0 Å². The number of pyridine rings is 1. The van der Waals surface area contributed by atoms with E-state index in [1.54, 1.807) is 6.20 Å². The van der Waals surface area contributed by atoms with Crippen molar-refractivity contribution in [2.45, 2.75) is 84.0 Å². The van der Waals surface area contributed by atoms with Gasteiger partial charge in [0.2, 0.25) is 0 Å². The summed E-state index contributed by atoms with van der Waals surface area (Å²) < 4.78 is 8.56. The number of aromatic nitrogens is 3. The second-order valence-electron chi connectivity index (χ2n) is 18.1. The molecule has 0 aliphatic carbocycles. The molecular formula is C51H52N4O. The van der Waals surface area contributed by atoms with E-state index in [0.29, 0.717) is 0 Å². The van der Waals surface area contributed by atoms with Crippen molar-refractivity contribution in [2.24, 2.45) is 0 Å². The number of rotatable bonds is 6. The molecule has 0 bridgehead atoms. The largest absolute Gasteiger partial charge is 0.457 e. The number of hydrogen-bond donors (Lipinski definition) is 0. The maximum Gasteiger partial charge on any atom is 0.129 e. The first-order valence-corrected chi connectivity index (χ1v) is 19.6. The van der Waals surface area contributed by atoms with Gasteiger partial charge in [0.15, 0.2) is 0 Å². The minimum absolute atomic E-state index is 0.0428. The Balaban J connectivity index is 1.43. The van der Waals surface area contributed by atoms with Gasteiger partial charge in [-0.05, 0) is 116 Å². The Bertz CT molecular complexity index is 2430. The third kappa shape index (κ3) is 6.59. The fourth-order valence-corrected chi connectivity index (χ4v) is 8.02. The number of hydrogen-bond acceptors (Lipinski definition) is 4. The predicted molar refractivity (Wildman–Crippen MR) is 231 cm³/mol. The SMILES string of the molecule is CC(C)(C)c1ccc(N2c3ccc(C(C)(C)C)cc3C(c3cccc(Oc4cccc(-n5cccn5)c4)c3)(c3ccccn3)c3cc(C(C)(C)C)ccc32)cc1. The molecule has 282 valence electrons. The monoisotopic (exact) mass is 736 g/mol. The van der Waals surface area contributed by atoms with Gasteiger partial charge in [0.25, 0.3) is 0 Å². The molecule has 5 nitrogen and oxygen atoms in total. The van der Waals surface area contributed by atoms with Crippen LogP contribution in [0.5, 0.6) is 11.5 Å². The van der Waals surface area contributed by atoms with Gasteiger partial charge in [-0.25, -0.2) is 4.68 Å². The van der Waals surface area contributed by atoms with Crippen molar-refractivity contribution in [3.63, 3.8) is 0 Å². The van der Waals surface area contributed by atoms with Crippen LogP contribution < -0.4 is 9.64 Å². The molecule has 7 aromatic rings. The van der Waals surface area contributed by atoms with E-state index < -0.39 is 5.41 Å². The Kier molecular flexibility index (Phi) is 9.03. The maximum atomic E-state index is 6.72. The smallest absolute Gasteiger partial charge is 0.129 e. The molecule has 5 heteroatoms. The first-order chi connectivity index (χ1) is 26.6. The van der Waals surface area contributed by atoms with E-state index in [1.165, 1.54) is 27.8 Å². The highest BCUT2D eigenvalue weighted by atomic mass is 16.5. The highest BCUT2D eigenvalue weighted by Gasteiger charge is 2.48. The van der Waals surface area contributed by atoms with Crippen molar-refractivity contribution in [3.05, 3.63) is 191 Å². The van der Waals surface area contributed by atoms with Crippen molar-refractivity contribution in [2.75, 3.05) is 4.90 Å². The molecule has 0 N–H and O–H groups in total. The second-order valence-corrected chi connectivity index (χ2v) is 18.1. The van der Waals surface area contributed by atoms with Crippen LogP contribution in [0, 0.1) is 0 Å². The molecule has 2 aromatic heterocycles. The van der Waals surface area contributed by atoms with E-state index in [1.807, 2.05) is 59.5 Å². The average Bonchev–Trinajstić information content (AvgIpc) is 3.72. The molecule has 5 aromatic carbocycles. The van der Waals surface area contributed by atoms with Crippen LogP contribution in [0.1, 0.15) is 101 Å². The van der Waals surface area contributed by atoms with E-state index in [2.05, 4.69) is 163 Å². The lowest BCUT2D eigenvalue weighted by molar-refractivity contribution is 0.480. The van der Waals surface area contributed by atoms with Crippen LogP contribution in [0.3, 0.4) is 0 Å². The van der Waals surface area contributed by atoms with Gasteiger partial charge < -0.3 is 9.64 Å². The zero-order chi connectivity index (χ0) is 39.5. The molecule has 0 radical (unpaired) electrons. The van der Waals surface area contributed by atoms with Crippen LogP contribution in [0.2, 0.25) is 0 Å². The summed E-state index contributed by atoms with van der Waals surface area (Å²) in [5, 5.41) is 4.44. The lowest BCUT2D eigenvalue weighted by Crippen LogP contribution is -2.39. The quantitative estimate of drug-likeness (QED) is 0.170. The van der Waals surface area contributed by atoms with Gasteiger partial charge in [0, 0.05) is 30.3 Å². The van der Waals surface area contributed by atoms with Gasteiger partial charge in [-0.3, -0.25) is 4.98 Å². The fourth-order valence-electron chi connectivity index (χ4n) is 8.02. The summed E-state index contributed by atoms with van der Waals surface area (Å²) in [6, 6.07) is 48.2. The Labute approximate surface area is 332 Å². The normalized spacial score (nSPS) is 13.9. The van der Waals surface area contributed by atoms with Crippen LogP contribution >= 0.6 is 0 Å². The average molecular weight is 737 g/mol. The molecule has 0 amide bonds. The summed E-state index contributed by atoms with van der Waals surface area (Å²) in [4.78, 5) is 7.71. The highest BCUT2D eigenvalue weighted by Crippen LogP contribution is 2.59. The Morgan fingerprint density at radius 3 is 1.64 bits per heavy atom. The molecule has 1 aliphatic rings. The minimum atomic E-state index is -0.799. The van der Waals surface area contributed by atoms with E-state index in [9.17, 15) is 0 Å². The van der Waals surface area contributed by atoms with Crippen LogP contribution in [0.4, 0.5) is 17.1 Å². The summed E-state index contributed by atoms with van der Waals surface area (Å²) in [5.41, 5.74) is 11.6. The molecule has 0 fully saturated rings. The first kappa shape index (κ1) is 37.0. The highest BCUT2D eigenvalue weighted by molar-refractivity contribution is 5.89. The molecule has 0 saturated heterocycles. The van der Waals surface area contributed by atoms with E-state index in [-0.39, 0.29) is 16.2 Å². The molecule has 0 saturated carbocycles. The van der Waals surface area contributed by atoms with Gasteiger partial charge in [-0.15, -0.1) is 0 Å². The molecule has 0 atom stereocenters. The number of ether oxygens (including phenoxy) is 1. The van der Waals surface area contributed by atoms with Gasteiger partial charge in [0.05, 0.1) is 28.2 Å². The number of nitrogens with zero attached hydrogens (tertiary/aromatic N) is 4. The summed E-state index contributed by atoms with van der Waals surface area (Å²) in [7, 11) is 0. The van der Waals surface area contributed by atoms with E-state index in [0.717, 1.165) is 45.5 Å². The summed E-state index contributed by atoms with van der Waals surface area (Å²) in [5.74, 6) is 1.49. The summed E-state index contributed by atoms with van der Waals surface area (Å²) >= 11 is 0. The standard InChI is InChI=1S/C51H52N4O/c1-48(2,3)35-20-24-39(25-21-35)55-45-26-22-36(49(4,5)6)32-43(45)51(47-19-10-11-28-52-47,44-33-37(50(7,8)9)23-27-46(44)55)38-15-12-17-41(31-38)56-42-18-13-16-40(34-42)54-30-14-29-53-54/h10-34H,1-9H3. The number of benzene rings is 5. The molecule has 1 aliphatic heterocycles. The minimum Gasteiger partial charge on any atom is -0.457 e. The van der Waals surface area contributed by atoms with Crippen LogP contribution in [-0.2, 0) is 21.7 Å². The van der Waals surface area contributed by atoms with Crippen molar-refractivity contribution in [1.82, 2.24) is 14.8 Å². The van der Waals surface area contributed by atoms with Crippen LogP contribution in [0.15, 0.2) is 152 Å². The zero-order valence-corrected chi connectivity index (χ0v) is 34.1.